The van der Waals surface area contributed by atoms with E-state index in [1.165, 1.54) is 12.1 Å². The Kier molecular flexibility index (Phi) is 7.60. The third kappa shape index (κ3) is 5.94. The molecule has 2 aromatic rings. The van der Waals surface area contributed by atoms with Crippen LogP contribution < -0.4 is 10.5 Å². The van der Waals surface area contributed by atoms with Gasteiger partial charge in [0.2, 0.25) is 5.91 Å². The zero-order chi connectivity index (χ0) is 27.0. The molecule has 37 heavy (non-hydrogen) atoms. The minimum atomic E-state index is -4.46. The van der Waals surface area contributed by atoms with Crippen LogP contribution in [0, 0.1) is 0 Å². The van der Waals surface area contributed by atoms with Crippen molar-refractivity contribution in [3.63, 3.8) is 0 Å². The van der Waals surface area contributed by atoms with Crippen LogP contribution in [0.5, 0.6) is 5.75 Å². The van der Waals surface area contributed by atoms with Gasteiger partial charge in [-0.2, -0.15) is 13.2 Å². The highest BCUT2D eigenvalue weighted by Crippen LogP contribution is 2.39. The summed E-state index contributed by atoms with van der Waals surface area (Å²) in [6, 6.07) is 11.4. The number of hydrogen-bond donors (Lipinski definition) is 1. The van der Waals surface area contributed by atoms with Crippen molar-refractivity contribution in [1.82, 2.24) is 4.90 Å². The molecule has 202 valence electrons. The maximum atomic E-state index is 13.1. The van der Waals surface area contributed by atoms with Crippen LogP contribution in [-0.4, -0.2) is 62.9 Å². The van der Waals surface area contributed by atoms with Crippen molar-refractivity contribution in [2.24, 2.45) is 5.73 Å². The molecule has 2 fully saturated rings. The molecule has 0 saturated carbocycles. The molecule has 2 saturated heterocycles. The lowest BCUT2D eigenvalue weighted by molar-refractivity contribution is -0.142. The van der Waals surface area contributed by atoms with E-state index in [9.17, 15) is 26.4 Å². The molecule has 2 aliphatic heterocycles. The second-order valence-electron chi connectivity index (χ2n) is 9.89. The number of ether oxygens (including phenoxy) is 2. The van der Waals surface area contributed by atoms with Crippen molar-refractivity contribution >= 4 is 15.7 Å². The van der Waals surface area contributed by atoms with Crippen LogP contribution in [0.1, 0.15) is 43.2 Å². The maximum absolute atomic E-state index is 13.1. The number of nitrogens with zero attached hydrogens (tertiary/aromatic N) is 1. The van der Waals surface area contributed by atoms with Crippen molar-refractivity contribution < 1.29 is 35.9 Å². The third-order valence-corrected chi connectivity index (χ3v) is 8.58. The van der Waals surface area contributed by atoms with Crippen LogP contribution in [0.3, 0.4) is 0 Å². The van der Waals surface area contributed by atoms with Crippen LogP contribution in [0.2, 0.25) is 0 Å². The summed E-state index contributed by atoms with van der Waals surface area (Å²) >= 11 is 0. The Balaban J connectivity index is 1.47. The molecule has 2 heterocycles. The monoisotopic (exact) mass is 540 g/mol. The number of amides is 1. The number of carbonyl (C=O) groups excluding carboxylic acids is 1. The molecule has 1 amide bonds. The highest BCUT2D eigenvalue weighted by Gasteiger charge is 2.50. The summed E-state index contributed by atoms with van der Waals surface area (Å²) in [5.41, 5.74) is 5.07. The highest BCUT2D eigenvalue weighted by molar-refractivity contribution is 7.90. The third-order valence-electron chi connectivity index (χ3n) is 7.45. The summed E-state index contributed by atoms with van der Waals surface area (Å²) in [5, 5.41) is 0. The van der Waals surface area contributed by atoms with Gasteiger partial charge in [-0.1, -0.05) is 25.1 Å². The van der Waals surface area contributed by atoms with E-state index in [-0.39, 0.29) is 28.8 Å². The van der Waals surface area contributed by atoms with Crippen LogP contribution in [-0.2, 0) is 25.5 Å². The standard InChI is InChI=1S/C26H31F3N2O5S/c1-17(18-6-8-22(9-7-18)37(2,33)34)23-15-25(24(30)32,11-13-35-23)31-12-10-21(16-31)36-20-5-3-4-19(14-20)26(27,28)29/h3-9,14,17,21,23H,10-13,15-16H2,1-2H3,(H2,30,32)/t17-,21+,23?,25?/m0/s1. The number of rotatable bonds is 7. The molecule has 0 aromatic heterocycles. The fourth-order valence-electron chi connectivity index (χ4n) is 5.25. The number of likely N-dealkylation sites (tertiary alicyclic amines) is 1. The van der Waals surface area contributed by atoms with E-state index in [0.29, 0.717) is 39.0 Å². The molecular weight excluding hydrogens is 509 g/mol. The summed E-state index contributed by atoms with van der Waals surface area (Å²) in [7, 11) is -3.32. The fourth-order valence-corrected chi connectivity index (χ4v) is 5.88. The van der Waals surface area contributed by atoms with E-state index >= 15 is 0 Å². The Labute approximate surface area is 214 Å². The molecule has 2 unspecified atom stereocenters. The molecule has 7 nitrogen and oxygen atoms in total. The summed E-state index contributed by atoms with van der Waals surface area (Å²) in [4.78, 5) is 15.0. The molecule has 0 radical (unpaired) electrons. The second-order valence-corrected chi connectivity index (χ2v) is 11.9. The molecule has 0 spiro atoms. The molecule has 11 heteroatoms. The van der Waals surface area contributed by atoms with Gasteiger partial charge in [0.1, 0.15) is 17.4 Å². The van der Waals surface area contributed by atoms with Gasteiger partial charge in [0.25, 0.3) is 0 Å². The van der Waals surface area contributed by atoms with Crippen LogP contribution in [0.4, 0.5) is 13.2 Å². The minimum Gasteiger partial charge on any atom is -0.489 e. The van der Waals surface area contributed by atoms with E-state index in [1.807, 2.05) is 11.8 Å². The second kappa shape index (κ2) is 10.3. The number of primary amides is 1. The Morgan fingerprint density at radius 1 is 1.22 bits per heavy atom. The molecule has 2 aromatic carbocycles. The topological polar surface area (TPSA) is 98.9 Å². The largest absolute Gasteiger partial charge is 0.489 e. The number of sulfone groups is 1. The summed E-state index contributed by atoms with van der Waals surface area (Å²) in [6.07, 6.45) is -2.76. The Morgan fingerprint density at radius 3 is 2.54 bits per heavy atom. The number of nitrogens with two attached hydrogens (primary N) is 1. The zero-order valence-corrected chi connectivity index (χ0v) is 21.5. The number of carbonyl (C=O) groups is 1. The van der Waals surface area contributed by atoms with Gasteiger partial charge in [-0.25, -0.2) is 8.42 Å². The molecule has 4 atom stereocenters. The van der Waals surface area contributed by atoms with Gasteiger partial charge in [0, 0.05) is 38.3 Å². The van der Waals surface area contributed by atoms with Gasteiger partial charge >= 0.3 is 6.18 Å². The fraction of sp³-hybridized carbons (Fsp3) is 0.500. The average molecular weight is 541 g/mol. The predicted molar refractivity (Wildman–Crippen MR) is 131 cm³/mol. The first-order valence-electron chi connectivity index (χ1n) is 12.1. The van der Waals surface area contributed by atoms with E-state index in [1.54, 1.807) is 24.3 Å². The summed E-state index contributed by atoms with van der Waals surface area (Å²) < 4.78 is 74.7. The van der Waals surface area contributed by atoms with Crippen LogP contribution in [0.25, 0.3) is 0 Å². The van der Waals surface area contributed by atoms with Gasteiger partial charge in [-0.05, 0) is 48.7 Å². The Morgan fingerprint density at radius 2 is 1.92 bits per heavy atom. The lowest BCUT2D eigenvalue weighted by atomic mass is 9.79. The molecule has 2 aliphatic rings. The predicted octanol–water partition coefficient (Wildman–Crippen LogP) is 3.77. The van der Waals surface area contributed by atoms with E-state index in [4.69, 9.17) is 15.2 Å². The Bertz CT molecular complexity index is 1240. The van der Waals surface area contributed by atoms with Gasteiger partial charge in [-0.3, -0.25) is 9.69 Å². The molecule has 0 bridgehead atoms. The Hall–Kier alpha value is -2.63. The van der Waals surface area contributed by atoms with Crippen molar-refractivity contribution in [3.8, 4) is 5.75 Å². The average Bonchev–Trinajstić information content (AvgIpc) is 3.31. The van der Waals surface area contributed by atoms with Crippen molar-refractivity contribution in [2.75, 3.05) is 26.0 Å². The van der Waals surface area contributed by atoms with E-state index in [2.05, 4.69) is 0 Å². The minimum absolute atomic E-state index is 0.130. The maximum Gasteiger partial charge on any atom is 0.416 e. The van der Waals surface area contributed by atoms with Crippen molar-refractivity contribution in [1.29, 1.82) is 0 Å². The van der Waals surface area contributed by atoms with E-state index in [0.717, 1.165) is 24.0 Å². The number of halogens is 3. The normalized spacial score (nSPS) is 26.1. The van der Waals surface area contributed by atoms with Crippen LogP contribution in [0.15, 0.2) is 53.4 Å². The smallest absolute Gasteiger partial charge is 0.416 e. The number of hydrogen-bond acceptors (Lipinski definition) is 6. The molecule has 0 aliphatic carbocycles. The first-order valence-corrected chi connectivity index (χ1v) is 14.0. The molecule has 2 N–H and O–H groups in total. The first-order chi connectivity index (χ1) is 17.3. The van der Waals surface area contributed by atoms with Gasteiger partial charge in [-0.15, -0.1) is 0 Å². The van der Waals surface area contributed by atoms with Gasteiger partial charge in [0.05, 0.1) is 16.6 Å². The number of benzene rings is 2. The summed E-state index contributed by atoms with van der Waals surface area (Å²) in [6.45, 7) is 3.13. The van der Waals surface area contributed by atoms with Gasteiger partial charge < -0.3 is 15.2 Å². The quantitative estimate of drug-likeness (QED) is 0.574. The zero-order valence-electron chi connectivity index (χ0n) is 20.7. The lowest BCUT2D eigenvalue weighted by Crippen LogP contribution is -2.61. The highest BCUT2D eigenvalue weighted by atomic mass is 32.2. The number of alkyl halides is 3. The first kappa shape index (κ1) is 27.4. The lowest BCUT2D eigenvalue weighted by Gasteiger charge is -2.46. The molecular formula is C26H31F3N2O5S. The van der Waals surface area contributed by atoms with Crippen LogP contribution >= 0.6 is 0 Å². The summed E-state index contributed by atoms with van der Waals surface area (Å²) in [5.74, 6) is -0.474. The van der Waals surface area contributed by atoms with Gasteiger partial charge in [0.15, 0.2) is 9.84 Å². The SMILES string of the molecule is C[C@@H](c1ccc(S(C)(=O)=O)cc1)C1CC(C(N)=O)(N2CC[C@@H](Oc3cccc(C(F)(F)F)c3)C2)CCO1. The van der Waals surface area contributed by atoms with E-state index < -0.39 is 33.0 Å². The molecule has 4 rings (SSSR count). The van der Waals surface area contributed by atoms with Crippen molar-refractivity contribution in [3.05, 3.63) is 59.7 Å². The van der Waals surface area contributed by atoms with Crippen molar-refractivity contribution in [2.45, 2.75) is 60.9 Å².